The molecular formula is C11H13IN6O2. The predicted molar refractivity (Wildman–Crippen MR) is 82.1 cm³/mol. The monoisotopic (exact) mass is 388 g/mol. The highest BCUT2D eigenvalue weighted by molar-refractivity contribution is 14.1. The number of aromatic nitrogens is 4. The van der Waals surface area contributed by atoms with Crippen LogP contribution in [0.3, 0.4) is 0 Å². The van der Waals surface area contributed by atoms with Crippen LogP contribution in [0, 0.1) is 3.57 Å². The Labute approximate surface area is 129 Å². The van der Waals surface area contributed by atoms with Gasteiger partial charge in [-0.05, 0) is 57.6 Å². The molecule has 0 saturated carbocycles. The van der Waals surface area contributed by atoms with Gasteiger partial charge in [0.2, 0.25) is 0 Å². The van der Waals surface area contributed by atoms with Gasteiger partial charge in [0.25, 0.3) is 5.95 Å². The average Bonchev–Trinajstić information content (AvgIpc) is 2.84. The van der Waals surface area contributed by atoms with Crippen molar-refractivity contribution in [3.63, 3.8) is 0 Å². The molecule has 0 fully saturated rings. The standard InChI is InChI=1S/C11H13IN6O2/c1-3-20-10-8(12)4-7(5-9(10)19-2)6-14-18-11(13)15-16-17-18/h4-6H,3H2,1-2H3,(H2,13,15,17)/b14-6-. The number of halogens is 1. The Balaban J connectivity index is 2.31. The maximum atomic E-state index is 5.55. The highest BCUT2D eigenvalue weighted by atomic mass is 127. The molecule has 2 N–H and O–H groups in total. The lowest BCUT2D eigenvalue weighted by Gasteiger charge is -2.11. The van der Waals surface area contributed by atoms with Gasteiger partial charge >= 0.3 is 0 Å². The summed E-state index contributed by atoms with van der Waals surface area (Å²) in [6, 6.07) is 3.73. The highest BCUT2D eigenvalue weighted by Gasteiger charge is 2.10. The summed E-state index contributed by atoms with van der Waals surface area (Å²) in [6.45, 7) is 2.49. The van der Waals surface area contributed by atoms with E-state index in [1.54, 1.807) is 13.3 Å². The lowest BCUT2D eigenvalue weighted by atomic mass is 10.2. The van der Waals surface area contributed by atoms with E-state index in [1.165, 1.54) is 0 Å². The fraction of sp³-hybridized carbons (Fsp3) is 0.273. The largest absolute Gasteiger partial charge is 0.493 e. The first-order chi connectivity index (χ1) is 9.65. The van der Waals surface area contributed by atoms with Gasteiger partial charge in [0.15, 0.2) is 11.5 Å². The average molecular weight is 388 g/mol. The first-order valence-electron chi connectivity index (χ1n) is 5.74. The zero-order valence-corrected chi connectivity index (χ0v) is 13.1. The van der Waals surface area contributed by atoms with Crippen molar-refractivity contribution in [2.45, 2.75) is 6.92 Å². The number of tetrazole rings is 1. The minimum Gasteiger partial charge on any atom is -0.493 e. The summed E-state index contributed by atoms with van der Waals surface area (Å²) in [5, 5.41) is 14.6. The smallest absolute Gasteiger partial charge is 0.263 e. The number of benzene rings is 1. The molecule has 0 atom stereocenters. The van der Waals surface area contributed by atoms with Crippen molar-refractivity contribution in [3.8, 4) is 11.5 Å². The Morgan fingerprint density at radius 1 is 1.50 bits per heavy atom. The molecule has 0 aliphatic rings. The topological polar surface area (TPSA) is 100 Å². The number of nitrogens with two attached hydrogens (primary N) is 1. The van der Waals surface area contributed by atoms with Crippen LogP contribution in [0.15, 0.2) is 17.2 Å². The summed E-state index contributed by atoms with van der Waals surface area (Å²) in [5.74, 6) is 1.48. The van der Waals surface area contributed by atoms with Gasteiger partial charge in [-0.2, -0.15) is 5.10 Å². The van der Waals surface area contributed by atoms with Gasteiger partial charge in [0.1, 0.15) is 0 Å². The second-order valence-electron chi connectivity index (χ2n) is 3.64. The molecule has 0 amide bonds. The number of rotatable bonds is 5. The molecule has 0 radical (unpaired) electrons. The zero-order chi connectivity index (χ0) is 14.5. The summed E-state index contributed by atoms with van der Waals surface area (Å²) >= 11 is 2.18. The SMILES string of the molecule is CCOc1c(I)cc(/C=N\n2nnnc2N)cc1OC. The van der Waals surface area contributed by atoms with Crippen LogP contribution in [0.25, 0.3) is 0 Å². The van der Waals surface area contributed by atoms with E-state index in [1.807, 2.05) is 19.1 Å². The Morgan fingerprint density at radius 2 is 2.30 bits per heavy atom. The molecular weight excluding hydrogens is 375 g/mol. The number of nitrogens with zero attached hydrogens (tertiary/aromatic N) is 5. The van der Waals surface area contributed by atoms with Crippen LogP contribution in [0.2, 0.25) is 0 Å². The van der Waals surface area contributed by atoms with Crippen LogP contribution < -0.4 is 15.2 Å². The number of hydrogen-bond donors (Lipinski definition) is 1. The molecule has 0 unspecified atom stereocenters. The first-order valence-corrected chi connectivity index (χ1v) is 6.82. The van der Waals surface area contributed by atoms with Crippen molar-refractivity contribution in [2.24, 2.45) is 5.10 Å². The molecule has 20 heavy (non-hydrogen) atoms. The van der Waals surface area contributed by atoms with Gasteiger partial charge in [0.05, 0.1) is 23.5 Å². The van der Waals surface area contributed by atoms with Gasteiger partial charge in [-0.3, -0.25) is 0 Å². The van der Waals surface area contributed by atoms with Crippen LogP contribution >= 0.6 is 22.6 Å². The molecule has 106 valence electrons. The second kappa shape index (κ2) is 6.50. The second-order valence-corrected chi connectivity index (χ2v) is 4.80. The van der Waals surface area contributed by atoms with Crippen molar-refractivity contribution in [2.75, 3.05) is 19.5 Å². The molecule has 1 heterocycles. The number of methoxy groups -OCH3 is 1. The summed E-state index contributed by atoms with van der Waals surface area (Å²) in [7, 11) is 1.59. The Hall–Kier alpha value is -1.91. The quantitative estimate of drug-likeness (QED) is 0.609. The van der Waals surface area contributed by atoms with E-state index in [-0.39, 0.29) is 5.95 Å². The Morgan fingerprint density at radius 3 is 2.90 bits per heavy atom. The minimum absolute atomic E-state index is 0.119. The van der Waals surface area contributed by atoms with Crippen molar-refractivity contribution < 1.29 is 9.47 Å². The number of anilines is 1. The number of nitrogen functional groups attached to an aromatic ring is 1. The van der Waals surface area contributed by atoms with E-state index in [9.17, 15) is 0 Å². The fourth-order valence-corrected chi connectivity index (χ4v) is 2.27. The van der Waals surface area contributed by atoms with Crippen LogP contribution in [0.1, 0.15) is 12.5 Å². The van der Waals surface area contributed by atoms with E-state index >= 15 is 0 Å². The third-order valence-electron chi connectivity index (χ3n) is 2.33. The lowest BCUT2D eigenvalue weighted by molar-refractivity contribution is 0.308. The molecule has 0 aliphatic heterocycles. The van der Waals surface area contributed by atoms with Crippen LogP contribution in [0.4, 0.5) is 5.95 Å². The van der Waals surface area contributed by atoms with Crippen LogP contribution in [-0.2, 0) is 0 Å². The van der Waals surface area contributed by atoms with Crippen molar-refractivity contribution in [3.05, 3.63) is 21.3 Å². The van der Waals surface area contributed by atoms with Crippen molar-refractivity contribution in [1.82, 2.24) is 20.3 Å². The maximum Gasteiger partial charge on any atom is 0.263 e. The third-order valence-corrected chi connectivity index (χ3v) is 3.13. The summed E-state index contributed by atoms with van der Waals surface area (Å²) in [5.41, 5.74) is 6.34. The van der Waals surface area contributed by atoms with Gasteiger partial charge in [-0.1, -0.05) is 9.89 Å². The highest BCUT2D eigenvalue weighted by Crippen LogP contribution is 2.33. The summed E-state index contributed by atoms with van der Waals surface area (Å²) < 4.78 is 11.8. The van der Waals surface area contributed by atoms with E-state index in [0.29, 0.717) is 12.4 Å². The number of hydrogen-bond acceptors (Lipinski definition) is 7. The Bertz CT molecular complexity index is 627. The summed E-state index contributed by atoms with van der Waals surface area (Å²) in [4.78, 5) is 1.13. The van der Waals surface area contributed by atoms with Crippen molar-refractivity contribution in [1.29, 1.82) is 0 Å². The zero-order valence-electron chi connectivity index (χ0n) is 10.9. The molecule has 0 spiro atoms. The molecule has 9 heteroatoms. The van der Waals surface area contributed by atoms with Crippen molar-refractivity contribution >= 4 is 34.8 Å². The molecule has 2 aromatic rings. The lowest BCUT2D eigenvalue weighted by Crippen LogP contribution is -2.01. The van der Waals surface area contributed by atoms with Crippen LogP contribution in [-0.4, -0.2) is 40.2 Å². The molecule has 0 aliphatic carbocycles. The molecule has 1 aromatic carbocycles. The molecule has 0 bridgehead atoms. The molecule has 1 aromatic heterocycles. The van der Waals surface area contributed by atoms with Gasteiger partial charge in [-0.25, -0.2) is 0 Å². The fourth-order valence-electron chi connectivity index (χ4n) is 1.49. The minimum atomic E-state index is 0.119. The van der Waals surface area contributed by atoms with E-state index in [2.05, 4.69) is 43.2 Å². The normalized spacial score (nSPS) is 10.9. The molecule has 8 nitrogen and oxygen atoms in total. The van der Waals surface area contributed by atoms with E-state index < -0.39 is 0 Å². The Kier molecular flexibility index (Phi) is 4.71. The van der Waals surface area contributed by atoms with E-state index in [4.69, 9.17) is 15.2 Å². The van der Waals surface area contributed by atoms with Gasteiger partial charge < -0.3 is 15.2 Å². The predicted octanol–water partition coefficient (Wildman–Crippen LogP) is 1.15. The van der Waals surface area contributed by atoms with Gasteiger partial charge in [-0.15, -0.1) is 0 Å². The summed E-state index contributed by atoms with van der Waals surface area (Å²) in [6.07, 6.45) is 1.59. The maximum absolute atomic E-state index is 5.55. The molecule has 2 rings (SSSR count). The van der Waals surface area contributed by atoms with Gasteiger partial charge in [0, 0.05) is 0 Å². The van der Waals surface area contributed by atoms with Crippen LogP contribution in [0.5, 0.6) is 11.5 Å². The third kappa shape index (κ3) is 3.15. The van der Waals surface area contributed by atoms with E-state index in [0.717, 1.165) is 19.7 Å². The number of ether oxygens (including phenoxy) is 2. The molecule has 0 saturated heterocycles. The first kappa shape index (κ1) is 14.5.